The van der Waals surface area contributed by atoms with Gasteiger partial charge in [0.1, 0.15) is 35.9 Å². The summed E-state index contributed by atoms with van der Waals surface area (Å²) in [5.41, 5.74) is 1.86. The molecule has 0 unspecified atom stereocenters. The van der Waals surface area contributed by atoms with Crippen LogP contribution in [0.5, 0.6) is 11.5 Å². The third-order valence-electron chi connectivity index (χ3n) is 4.02. The minimum absolute atomic E-state index is 0.109. The summed E-state index contributed by atoms with van der Waals surface area (Å²) in [6.45, 7) is 4.48. The van der Waals surface area contributed by atoms with Gasteiger partial charge in [0, 0.05) is 6.42 Å². The molecule has 4 heteroatoms. The minimum Gasteiger partial charge on any atom is -0.490 e. The number of hydrogen-bond acceptors (Lipinski definition) is 3. The van der Waals surface area contributed by atoms with Gasteiger partial charge in [-0.05, 0) is 37.1 Å². The number of benzene rings is 2. The van der Waals surface area contributed by atoms with Gasteiger partial charge >= 0.3 is 0 Å². The zero-order valence-corrected chi connectivity index (χ0v) is 14.1. The highest BCUT2D eigenvalue weighted by Crippen LogP contribution is 2.29. The molecule has 0 aliphatic carbocycles. The fourth-order valence-electron chi connectivity index (χ4n) is 2.68. The molecule has 1 fully saturated rings. The van der Waals surface area contributed by atoms with E-state index in [9.17, 15) is 0 Å². The van der Waals surface area contributed by atoms with Crippen molar-refractivity contribution in [3.8, 4) is 11.5 Å². The van der Waals surface area contributed by atoms with Crippen LogP contribution in [0.3, 0.4) is 0 Å². The molecule has 3 atom stereocenters. The molecule has 3 rings (SSSR count). The molecule has 0 amide bonds. The molecule has 2 aromatic rings. The van der Waals surface area contributed by atoms with E-state index in [4.69, 9.17) is 25.8 Å². The normalized spacial score (nSPS) is 23.7. The Labute approximate surface area is 142 Å². The van der Waals surface area contributed by atoms with Gasteiger partial charge in [-0.1, -0.05) is 48.0 Å². The van der Waals surface area contributed by atoms with E-state index in [1.165, 1.54) is 0 Å². The van der Waals surface area contributed by atoms with Crippen molar-refractivity contribution in [2.24, 2.45) is 0 Å². The van der Waals surface area contributed by atoms with E-state index in [2.05, 4.69) is 0 Å². The molecular weight excluding hydrogens is 312 g/mol. The number of halogens is 1. The van der Waals surface area contributed by atoms with Crippen molar-refractivity contribution >= 4 is 11.6 Å². The number of aryl methyl sites for hydroxylation is 2. The molecule has 1 saturated heterocycles. The molecule has 0 saturated carbocycles. The van der Waals surface area contributed by atoms with Crippen molar-refractivity contribution in [3.63, 3.8) is 0 Å². The van der Waals surface area contributed by atoms with E-state index in [1.54, 1.807) is 0 Å². The number of rotatable bonds is 5. The molecule has 3 nitrogen and oxygen atoms in total. The Morgan fingerprint density at radius 3 is 2.26 bits per heavy atom. The van der Waals surface area contributed by atoms with Gasteiger partial charge in [-0.2, -0.15) is 0 Å². The summed E-state index contributed by atoms with van der Waals surface area (Å²) in [6, 6.07) is 15.9. The zero-order chi connectivity index (χ0) is 16.2. The van der Waals surface area contributed by atoms with E-state index in [0.29, 0.717) is 13.0 Å². The third-order valence-corrected chi connectivity index (χ3v) is 4.30. The molecule has 0 N–H and O–H groups in total. The first-order chi connectivity index (χ1) is 11.1. The second-order valence-corrected chi connectivity index (χ2v) is 6.31. The van der Waals surface area contributed by atoms with Crippen LogP contribution < -0.4 is 9.47 Å². The van der Waals surface area contributed by atoms with Crippen molar-refractivity contribution in [2.45, 2.75) is 38.0 Å². The van der Waals surface area contributed by atoms with E-state index < -0.39 is 0 Å². The molecule has 122 valence electrons. The van der Waals surface area contributed by atoms with E-state index in [0.717, 1.165) is 22.6 Å². The van der Waals surface area contributed by atoms with Crippen LogP contribution in [0.15, 0.2) is 48.5 Å². The van der Waals surface area contributed by atoms with Gasteiger partial charge in [-0.25, -0.2) is 0 Å². The Hall–Kier alpha value is -1.71. The molecule has 0 spiro atoms. The van der Waals surface area contributed by atoms with Crippen LogP contribution in [0.1, 0.15) is 17.5 Å². The molecule has 0 aromatic heterocycles. The largest absolute Gasteiger partial charge is 0.490 e. The highest BCUT2D eigenvalue weighted by atomic mass is 35.5. The van der Waals surface area contributed by atoms with Crippen LogP contribution >= 0.6 is 11.6 Å². The van der Waals surface area contributed by atoms with Gasteiger partial charge in [0.05, 0.1) is 0 Å². The molecule has 23 heavy (non-hydrogen) atoms. The lowest BCUT2D eigenvalue weighted by Crippen LogP contribution is -2.32. The maximum atomic E-state index is 6.16. The maximum absolute atomic E-state index is 6.16. The highest BCUT2D eigenvalue weighted by Gasteiger charge is 2.36. The lowest BCUT2D eigenvalue weighted by Gasteiger charge is -2.21. The fraction of sp³-hybridized carbons (Fsp3) is 0.368. The van der Waals surface area contributed by atoms with Crippen LogP contribution in [0.4, 0.5) is 0 Å². The monoisotopic (exact) mass is 332 g/mol. The molecule has 1 aliphatic rings. The van der Waals surface area contributed by atoms with Gasteiger partial charge < -0.3 is 14.2 Å². The standard InChI is InChI=1S/C19H21ClO3/c1-13-7-3-5-9-15(13)21-12-18-17(11-19(20)23-18)22-16-10-6-4-8-14(16)2/h3-10,17-19H,11-12H2,1-2H3/t17-,18+,19-/m0/s1. The Balaban J connectivity index is 1.65. The van der Waals surface area contributed by atoms with Crippen molar-refractivity contribution < 1.29 is 14.2 Å². The van der Waals surface area contributed by atoms with Crippen LogP contribution in [-0.2, 0) is 4.74 Å². The summed E-state index contributed by atoms with van der Waals surface area (Å²) in [7, 11) is 0. The van der Waals surface area contributed by atoms with Gasteiger partial charge in [0.25, 0.3) is 0 Å². The lowest BCUT2D eigenvalue weighted by molar-refractivity contribution is 0.0104. The first-order valence-corrected chi connectivity index (χ1v) is 8.27. The van der Waals surface area contributed by atoms with Crippen LogP contribution in [0.25, 0.3) is 0 Å². The van der Waals surface area contributed by atoms with E-state index in [-0.39, 0.29) is 17.8 Å². The van der Waals surface area contributed by atoms with Crippen molar-refractivity contribution in [1.29, 1.82) is 0 Å². The average molecular weight is 333 g/mol. The topological polar surface area (TPSA) is 27.7 Å². The molecule has 2 aromatic carbocycles. The smallest absolute Gasteiger partial charge is 0.135 e. The Kier molecular flexibility index (Phi) is 5.09. The average Bonchev–Trinajstić information content (AvgIpc) is 2.88. The lowest BCUT2D eigenvalue weighted by atomic mass is 10.1. The quantitative estimate of drug-likeness (QED) is 0.755. The zero-order valence-electron chi connectivity index (χ0n) is 13.4. The second-order valence-electron chi connectivity index (χ2n) is 5.82. The van der Waals surface area contributed by atoms with Crippen molar-refractivity contribution in [2.75, 3.05) is 6.61 Å². The molecular formula is C19H21ClO3. The summed E-state index contributed by atoms with van der Waals surface area (Å²) in [5, 5.41) is 0. The summed E-state index contributed by atoms with van der Waals surface area (Å²) in [5.74, 6) is 1.73. The number of ether oxygens (including phenoxy) is 3. The predicted molar refractivity (Wildman–Crippen MR) is 91.4 cm³/mol. The van der Waals surface area contributed by atoms with Crippen LogP contribution in [0, 0.1) is 13.8 Å². The van der Waals surface area contributed by atoms with Crippen molar-refractivity contribution in [3.05, 3.63) is 59.7 Å². The molecule has 0 bridgehead atoms. The first kappa shape index (κ1) is 16.2. The predicted octanol–water partition coefficient (Wildman–Crippen LogP) is 4.48. The minimum atomic E-state index is -0.338. The molecule has 0 radical (unpaired) electrons. The summed E-state index contributed by atoms with van der Waals surface area (Å²) in [6.07, 6.45) is 0.358. The van der Waals surface area contributed by atoms with E-state index >= 15 is 0 Å². The first-order valence-electron chi connectivity index (χ1n) is 7.84. The molecule has 1 heterocycles. The highest BCUT2D eigenvalue weighted by molar-refractivity contribution is 6.19. The van der Waals surface area contributed by atoms with Gasteiger partial charge in [0.15, 0.2) is 0 Å². The third kappa shape index (κ3) is 3.98. The van der Waals surface area contributed by atoms with Crippen LogP contribution in [-0.4, -0.2) is 24.4 Å². The Morgan fingerprint density at radius 1 is 1.00 bits per heavy atom. The van der Waals surface area contributed by atoms with Gasteiger partial charge in [-0.3, -0.25) is 0 Å². The SMILES string of the molecule is Cc1ccccc1OC[C@H]1O[C@H](Cl)C[C@@H]1Oc1ccccc1C. The van der Waals surface area contributed by atoms with Gasteiger partial charge in [0.2, 0.25) is 0 Å². The second kappa shape index (κ2) is 7.24. The fourth-order valence-corrected chi connectivity index (χ4v) is 2.99. The molecule has 1 aliphatic heterocycles. The number of hydrogen-bond donors (Lipinski definition) is 0. The summed E-state index contributed by atoms with van der Waals surface area (Å²) < 4.78 is 17.8. The summed E-state index contributed by atoms with van der Waals surface area (Å²) in [4.78, 5) is 0. The van der Waals surface area contributed by atoms with Crippen molar-refractivity contribution in [1.82, 2.24) is 0 Å². The van der Waals surface area contributed by atoms with Gasteiger partial charge in [-0.15, -0.1) is 0 Å². The van der Waals surface area contributed by atoms with E-state index in [1.807, 2.05) is 62.4 Å². The van der Waals surface area contributed by atoms with Crippen LogP contribution in [0.2, 0.25) is 0 Å². The Bertz CT molecular complexity index is 659. The number of alkyl halides is 1. The summed E-state index contributed by atoms with van der Waals surface area (Å²) >= 11 is 6.16. The Morgan fingerprint density at radius 2 is 1.61 bits per heavy atom. The number of para-hydroxylation sites is 2. The maximum Gasteiger partial charge on any atom is 0.135 e.